The van der Waals surface area contributed by atoms with Crippen LogP contribution in [0.1, 0.15) is 11.1 Å². The van der Waals surface area contributed by atoms with Crippen LogP contribution in [0.4, 0.5) is 5.82 Å². The maximum Gasteiger partial charge on any atom is 0.227 e. The molecule has 1 aliphatic heterocycles. The highest BCUT2D eigenvalue weighted by molar-refractivity contribution is 5.86. The topological polar surface area (TPSA) is 49.3 Å². The molecule has 0 radical (unpaired) electrons. The molecule has 5 nitrogen and oxygen atoms in total. The maximum atomic E-state index is 12.7. The second-order valence-electron chi connectivity index (χ2n) is 8.31. The van der Waals surface area contributed by atoms with Gasteiger partial charge in [-0.3, -0.25) is 4.79 Å². The van der Waals surface area contributed by atoms with Gasteiger partial charge in [-0.15, -0.1) is 10.2 Å². The van der Waals surface area contributed by atoms with Crippen molar-refractivity contribution in [3.63, 3.8) is 0 Å². The number of aromatic nitrogens is 2. The lowest BCUT2D eigenvalue weighted by Crippen LogP contribution is -2.49. The van der Waals surface area contributed by atoms with E-state index in [4.69, 9.17) is 0 Å². The van der Waals surface area contributed by atoms with Crippen LogP contribution in [0.2, 0.25) is 0 Å². The molecule has 5 heteroatoms. The van der Waals surface area contributed by atoms with Crippen molar-refractivity contribution in [2.45, 2.75) is 13.3 Å². The van der Waals surface area contributed by atoms with Crippen molar-refractivity contribution < 1.29 is 4.79 Å². The number of piperazine rings is 1. The third-order valence-electron chi connectivity index (χ3n) is 6.25. The molecule has 1 aromatic heterocycles. The first-order valence-electron chi connectivity index (χ1n) is 11.1. The zero-order valence-electron chi connectivity index (χ0n) is 18.2. The molecule has 5 rings (SSSR count). The Morgan fingerprint density at radius 1 is 0.812 bits per heavy atom. The average Bonchev–Trinajstić information content (AvgIpc) is 2.85. The van der Waals surface area contributed by atoms with Crippen molar-refractivity contribution in [2.75, 3.05) is 31.1 Å². The summed E-state index contributed by atoms with van der Waals surface area (Å²) in [4.78, 5) is 16.9. The van der Waals surface area contributed by atoms with Gasteiger partial charge >= 0.3 is 0 Å². The average molecular weight is 423 g/mol. The summed E-state index contributed by atoms with van der Waals surface area (Å²) in [6, 6.07) is 26.8. The Hall–Kier alpha value is -3.73. The van der Waals surface area contributed by atoms with Crippen LogP contribution >= 0.6 is 0 Å². The van der Waals surface area contributed by atoms with Gasteiger partial charge in [-0.05, 0) is 47.0 Å². The van der Waals surface area contributed by atoms with Gasteiger partial charge in [0.1, 0.15) is 0 Å². The maximum absolute atomic E-state index is 12.7. The van der Waals surface area contributed by atoms with Crippen molar-refractivity contribution >= 4 is 22.5 Å². The largest absolute Gasteiger partial charge is 0.352 e. The highest BCUT2D eigenvalue weighted by atomic mass is 16.2. The minimum absolute atomic E-state index is 0.191. The van der Waals surface area contributed by atoms with E-state index in [9.17, 15) is 4.79 Å². The first-order chi connectivity index (χ1) is 15.7. The molecule has 1 aliphatic rings. The Labute approximate surface area is 188 Å². The molecule has 2 heterocycles. The Bertz CT molecular complexity index is 1240. The molecular formula is C27H26N4O. The third-order valence-corrected chi connectivity index (χ3v) is 6.25. The summed E-state index contributed by atoms with van der Waals surface area (Å²) in [5, 5.41) is 11.4. The zero-order valence-corrected chi connectivity index (χ0v) is 18.2. The van der Waals surface area contributed by atoms with Crippen LogP contribution in [0.25, 0.3) is 22.0 Å². The van der Waals surface area contributed by atoms with Gasteiger partial charge in [-0.25, -0.2) is 0 Å². The van der Waals surface area contributed by atoms with Crippen LogP contribution in [0.5, 0.6) is 0 Å². The van der Waals surface area contributed by atoms with E-state index in [-0.39, 0.29) is 5.91 Å². The number of carbonyl (C=O) groups excluding carboxylic acids is 1. The molecule has 0 saturated carbocycles. The van der Waals surface area contributed by atoms with Gasteiger partial charge in [0.05, 0.1) is 12.1 Å². The van der Waals surface area contributed by atoms with Crippen LogP contribution in [0.15, 0.2) is 78.9 Å². The van der Waals surface area contributed by atoms with Crippen LogP contribution in [0, 0.1) is 6.92 Å². The number of amides is 1. The Balaban J connectivity index is 1.22. The lowest BCUT2D eigenvalue weighted by molar-refractivity contribution is -0.130. The van der Waals surface area contributed by atoms with E-state index in [0.717, 1.165) is 35.7 Å². The number of aryl methyl sites for hydroxylation is 1. The zero-order chi connectivity index (χ0) is 21.9. The fraction of sp³-hybridized carbons (Fsp3) is 0.222. The van der Waals surface area contributed by atoms with Crippen LogP contribution < -0.4 is 4.90 Å². The molecule has 4 aromatic rings. The van der Waals surface area contributed by atoms with Gasteiger partial charge < -0.3 is 9.80 Å². The predicted molar refractivity (Wildman–Crippen MR) is 129 cm³/mol. The molecule has 1 saturated heterocycles. The monoisotopic (exact) mass is 422 g/mol. The van der Waals surface area contributed by atoms with Crippen LogP contribution in [0.3, 0.4) is 0 Å². The van der Waals surface area contributed by atoms with Gasteiger partial charge in [-0.1, -0.05) is 60.7 Å². The smallest absolute Gasteiger partial charge is 0.227 e. The van der Waals surface area contributed by atoms with E-state index in [1.165, 1.54) is 16.3 Å². The van der Waals surface area contributed by atoms with Crippen molar-refractivity contribution in [3.05, 3.63) is 90.0 Å². The van der Waals surface area contributed by atoms with Gasteiger partial charge in [0.2, 0.25) is 5.91 Å². The van der Waals surface area contributed by atoms with E-state index in [2.05, 4.69) is 58.4 Å². The van der Waals surface area contributed by atoms with Gasteiger partial charge in [0.25, 0.3) is 0 Å². The quantitative estimate of drug-likeness (QED) is 0.486. The molecule has 3 aromatic carbocycles. The molecule has 0 atom stereocenters. The van der Waals surface area contributed by atoms with E-state index in [1.54, 1.807) is 0 Å². The summed E-state index contributed by atoms with van der Waals surface area (Å²) in [5.41, 5.74) is 4.21. The van der Waals surface area contributed by atoms with E-state index in [1.807, 2.05) is 47.4 Å². The summed E-state index contributed by atoms with van der Waals surface area (Å²) in [5.74, 6) is 1.05. The summed E-state index contributed by atoms with van der Waals surface area (Å²) in [7, 11) is 0. The molecule has 0 aliphatic carbocycles. The van der Waals surface area contributed by atoms with Crippen LogP contribution in [-0.2, 0) is 11.2 Å². The number of fused-ring (bicyclic) bond motifs is 1. The van der Waals surface area contributed by atoms with Crippen molar-refractivity contribution in [1.82, 2.24) is 15.1 Å². The number of rotatable bonds is 4. The molecule has 1 amide bonds. The van der Waals surface area contributed by atoms with E-state index >= 15 is 0 Å². The minimum atomic E-state index is 0.191. The first-order valence-corrected chi connectivity index (χ1v) is 11.1. The molecule has 32 heavy (non-hydrogen) atoms. The highest BCUT2D eigenvalue weighted by Gasteiger charge is 2.22. The van der Waals surface area contributed by atoms with E-state index < -0.39 is 0 Å². The predicted octanol–water partition coefficient (Wildman–Crippen LogP) is 4.50. The second kappa shape index (κ2) is 8.79. The van der Waals surface area contributed by atoms with Crippen molar-refractivity contribution in [3.8, 4) is 11.3 Å². The molecule has 160 valence electrons. The number of hydrogen-bond donors (Lipinski definition) is 0. The number of nitrogens with zero attached hydrogens (tertiary/aromatic N) is 4. The Kier molecular flexibility index (Phi) is 5.55. The normalized spacial score (nSPS) is 14.0. The van der Waals surface area contributed by atoms with Gasteiger partial charge in [-0.2, -0.15) is 0 Å². The first kappa shape index (κ1) is 20.2. The van der Waals surface area contributed by atoms with Crippen LogP contribution in [-0.4, -0.2) is 47.2 Å². The van der Waals surface area contributed by atoms with Gasteiger partial charge in [0, 0.05) is 31.7 Å². The summed E-state index contributed by atoms with van der Waals surface area (Å²) < 4.78 is 0. The summed E-state index contributed by atoms with van der Waals surface area (Å²) >= 11 is 0. The molecule has 0 bridgehead atoms. The lowest BCUT2D eigenvalue weighted by Gasteiger charge is -2.35. The second-order valence-corrected chi connectivity index (χ2v) is 8.31. The standard InChI is InChI=1S/C27H26N4O/c1-20-6-2-3-8-22(20)19-27(32)31-16-14-30(15-17-31)26-13-12-25(28-29-26)24-11-10-21-7-4-5-9-23(21)18-24/h2-13,18H,14-17,19H2,1H3. The highest BCUT2D eigenvalue weighted by Crippen LogP contribution is 2.24. The number of hydrogen-bond acceptors (Lipinski definition) is 4. The van der Waals surface area contributed by atoms with Crippen molar-refractivity contribution in [1.29, 1.82) is 0 Å². The van der Waals surface area contributed by atoms with Gasteiger partial charge in [0.15, 0.2) is 5.82 Å². The van der Waals surface area contributed by atoms with Crippen molar-refractivity contribution in [2.24, 2.45) is 0 Å². The Morgan fingerprint density at radius 3 is 2.31 bits per heavy atom. The summed E-state index contributed by atoms with van der Waals surface area (Å²) in [6.45, 7) is 5.01. The molecule has 0 N–H and O–H groups in total. The fourth-order valence-electron chi connectivity index (χ4n) is 4.26. The lowest BCUT2D eigenvalue weighted by atomic mass is 10.0. The Morgan fingerprint density at radius 2 is 1.56 bits per heavy atom. The fourth-order valence-corrected chi connectivity index (χ4v) is 4.26. The minimum Gasteiger partial charge on any atom is -0.352 e. The number of benzene rings is 3. The number of anilines is 1. The SMILES string of the molecule is Cc1ccccc1CC(=O)N1CCN(c2ccc(-c3ccc4ccccc4c3)nn2)CC1. The molecule has 0 spiro atoms. The summed E-state index contributed by atoms with van der Waals surface area (Å²) in [6.07, 6.45) is 0.465. The molecular weight excluding hydrogens is 396 g/mol. The van der Waals surface area contributed by atoms with E-state index in [0.29, 0.717) is 19.5 Å². The molecule has 0 unspecified atom stereocenters. The molecule has 1 fully saturated rings. The number of carbonyl (C=O) groups is 1. The third kappa shape index (κ3) is 4.19.